The van der Waals surface area contributed by atoms with Gasteiger partial charge in [-0.1, -0.05) is 0 Å². The highest BCUT2D eigenvalue weighted by Gasteiger charge is 2.27. The van der Waals surface area contributed by atoms with Crippen LogP contribution < -0.4 is 10.6 Å². The first-order valence-corrected chi connectivity index (χ1v) is 8.94. The largest absolute Gasteiger partial charge is 0.368 e. The fraction of sp³-hybridized carbons (Fsp3) is 0.533. The number of piperidine rings is 1. The molecule has 1 saturated heterocycles. The van der Waals surface area contributed by atoms with E-state index >= 15 is 0 Å². The highest BCUT2D eigenvalue weighted by molar-refractivity contribution is 7.98. The maximum Gasteiger partial charge on any atom is 0.222 e. The van der Waals surface area contributed by atoms with Crippen LogP contribution in [-0.4, -0.2) is 39.0 Å². The number of nitrogen functional groups attached to an aromatic ring is 1. The predicted octanol–water partition coefficient (Wildman–Crippen LogP) is 1.96. The molecule has 7 heteroatoms. The van der Waals surface area contributed by atoms with Gasteiger partial charge in [0.15, 0.2) is 0 Å². The van der Waals surface area contributed by atoms with Gasteiger partial charge in [-0.15, -0.1) is 0 Å². The first-order chi connectivity index (χ1) is 10.8. The molecule has 2 aromatic rings. The molecule has 2 aliphatic rings. The van der Waals surface area contributed by atoms with Crippen LogP contribution in [0.15, 0.2) is 12.3 Å². The van der Waals surface area contributed by atoms with Gasteiger partial charge in [-0.25, -0.2) is 4.98 Å². The summed E-state index contributed by atoms with van der Waals surface area (Å²) >= 11 is 1.96. The van der Waals surface area contributed by atoms with Crippen LogP contribution in [0.25, 0.3) is 0 Å². The fourth-order valence-electron chi connectivity index (χ4n) is 3.41. The van der Waals surface area contributed by atoms with Crippen LogP contribution in [0, 0.1) is 0 Å². The number of hydrogen-bond donors (Lipinski definition) is 2. The number of nitrogens with zero attached hydrogens (tertiary/aromatic N) is 4. The van der Waals surface area contributed by atoms with Gasteiger partial charge < -0.3 is 10.6 Å². The van der Waals surface area contributed by atoms with E-state index in [-0.39, 0.29) is 0 Å². The third kappa shape index (κ3) is 2.54. The smallest absolute Gasteiger partial charge is 0.222 e. The van der Waals surface area contributed by atoms with Gasteiger partial charge in [0.2, 0.25) is 5.95 Å². The summed E-state index contributed by atoms with van der Waals surface area (Å²) in [5, 5.41) is 7.20. The molecule has 3 N–H and O–H groups in total. The molecule has 6 nitrogen and oxygen atoms in total. The zero-order chi connectivity index (χ0) is 14.9. The fourth-order valence-corrected chi connectivity index (χ4v) is 4.39. The average molecular weight is 316 g/mol. The van der Waals surface area contributed by atoms with Crippen molar-refractivity contribution < 1.29 is 0 Å². The van der Waals surface area contributed by atoms with Crippen molar-refractivity contribution in [2.75, 3.05) is 29.5 Å². The van der Waals surface area contributed by atoms with Crippen molar-refractivity contribution in [2.45, 2.75) is 30.9 Å². The monoisotopic (exact) mass is 316 g/mol. The highest BCUT2D eigenvalue weighted by Crippen LogP contribution is 2.34. The molecular weight excluding hydrogens is 296 g/mol. The minimum atomic E-state index is 0.407. The molecule has 0 spiro atoms. The lowest BCUT2D eigenvalue weighted by molar-refractivity contribution is 0.497. The van der Waals surface area contributed by atoms with E-state index in [9.17, 15) is 0 Å². The number of thioether (sulfide) groups is 1. The van der Waals surface area contributed by atoms with Crippen LogP contribution in [0.3, 0.4) is 0 Å². The van der Waals surface area contributed by atoms with Crippen molar-refractivity contribution in [1.29, 1.82) is 0 Å². The molecule has 1 unspecified atom stereocenters. The first-order valence-electron chi connectivity index (χ1n) is 7.78. The quantitative estimate of drug-likeness (QED) is 0.881. The highest BCUT2D eigenvalue weighted by atomic mass is 32.2. The Morgan fingerprint density at radius 3 is 3.18 bits per heavy atom. The lowest BCUT2D eigenvalue weighted by Crippen LogP contribution is -2.36. The van der Waals surface area contributed by atoms with Crippen LogP contribution in [0.5, 0.6) is 0 Å². The minimum Gasteiger partial charge on any atom is -0.368 e. The maximum atomic E-state index is 5.95. The van der Waals surface area contributed by atoms with Gasteiger partial charge in [0.1, 0.15) is 5.82 Å². The summed E-state index contributed by atoms with van der Waals surface area (Å²) in [7, 11) is 0. The molecule has 1 fully saturated rings. The van der Waals surface area contributed by atoms with Gasteiger partial charge in [0, 0.05) is 42.2 Å². The molecule has 22 heavy (non-hydrogen) atoms. The third-order valence-electron chi connectivity index (χ3n) is 4.50. The van der Waals surface area contributed by atoms with E-state index in [0.29, 0.717) is 11.9 Å². The van der Waals surface area contributed by atoms with Crippen molar-refractivity contribution in [3.8, 4) is 0 Å². The Morgan fingerprint density at radius 2 is 2.32 bits per heavy atom. The second-order valence-corrected chi connectivity index (χ2v) is 7.04. The molecule has 1 atom stereocenters. The number of rotatable bonds is 2. The number of nitrogens with two attached hydrogens (primary N) is 1. The number of hydrogen-bond acceptors (Lipinski definition) is 6. The van der Waals surface area contributed by atoms with Gasteiger partial charge in [0.25, 0.3) is 0 Å². The second-order valence-electron chi connectivity index (χ2n) is 5.93. The number of fused-ring (bicyclic) bond motifs is 1. The van der Waals surface area contributed by atoms with Crippen molar-refractivity contribution in [2.24, 2.45) is 0 Å². The molecule has 2 aliphatic heterocycles. The number of aromatic nitrogens is 4. The van der Waals surface area contributed by atoms with E-state index in [4.69, 9.17) is 5.73 Å². The van der Waals surface area contributed by atoms with Crippen LogP contribution in [0.4, 0.5) is 11.8 Å². The molecule has 0 saturated carbocycles. The zero-order valence-electron chi connectivity index (χ0n) is 12.5. The van der Waals surface area contributed by atoms with E-state index in [2.05, 4.69) is 31.1 Å². The predicted molar refractivity (Wildman–Crippen MR) is 89.1 cm³/mol. The van der Waals surface area contributed by atoms with Gasteiger partial charge in [-0.2, -0.15) is 21.8 Å². The Hall–Kier alpha value is -1.76. The van der Waals surface area contributed by atoms with Crippen molar-refractivity contribution in [3.05, 3.63) is 29.2 Å². The van der Waals surface area contributed by atoms with Gasteiger partial charge in [0.05, 0.1) is 5.69 Å². The maximum absolute atomic E-state index is 5.95. The molecule has 0 aromatic carbocycles. The molecule has 4 rings (SSSR count). The number of aryl methyl sites for hydroxylation is 1. The normalized spacial score (nSPS) is 21.6. The van der Waals surface area contributed by atoms with Crippen molar-refractivity contribution in [1.82, 2.24) is 20.2 Å². The Balaban J connectivity index is 1.65. The molecule has 0 amide bonds. The van der Waals surface area contributed by atoms with Crippen LogP contribution in [-0.2, 0) is 12.2 Å². The first kappa shape index (κ1) is 13.9. The lowest BCUT2D eigenvalue weighted by atomic mass is 9.94. The molecular formula is C15H20N6S. The van der Waals surface area contributed by atoms with E-state index in [1.54, 1.807) is 0 Å². The summed E-state index contributed by atoms with van der Waals surface area (Å²) in [5.74, 6) is 4.07. The SMILES string of the molecule is Nc1nc2c(c(N3CCCC(c4ccn[nH]4)C3)n1)CSCC2. The van der Waals surface area contributed by atoms with Gasteiger partial charge in [-0.05, 0) is 31.1 Å². The molecule has 0 radical (unpaired) electrons. The molecule has 0 bridgehead atoms. The Morgan fingerprint density at radius 1 is 1.36 bits per heavy atom. The summed E-state index contributed by atoms with van der Waals surface area (Å²) in [5.41, 5.74) is 9.60. The van der Waals surface area contributed by atoms with Crippen LogP contribution in [0.2, 0.25) is 0 Å². The number of H-pyrrole nitrogens is 1. The third-order valence-corrected chi connectivity index (χ3v) is 5.49. The second kappa shape index (κ2) is 5.79. The summed E-state index contributed by atoms with van der Waals surface area (Å²) in [6.07, 6.45) is 5.18. The van der Waals surface area contributed by atoms with Crippen LogP contribution in [0.1, 0.15) is 35.7 Å². The summed E-state index contributed by atoms with van der Waals surface area (Å²) < 4.78 is 0. The molecule has 0 aliphatic carbocycles. The summed E-state index contributed by atoms with van der Waals surface area (Å²) in [6, 6.07) is 2.08. The average Bonchev–Trinajstić information content (AvgIpc) is 3.09. The topological polar surface area (TPSA) is 83.7 Å². The van der Waals surface area contributed by atoms with E-state index in [1.807, 2.05) is 18.0 Å². The van der Waals surface area contributed by atoms with Crippen molar-refractivity contribution >= 4 is 23.5 Å². The van der Waals surface area contributed by atoms with E-state index in [1.165, 1.54) is 17.7 Å². The Labute approximate surface area is 133 Å². The number of nitrogens with one attached hydrogen (secondary N) is 1. The van der Waals surface area contributed by atoms with Gasteiger partial charge >= 0.3 is 0 Å². The Bertz CT molecular complexity index is 656. The molecule has 4 heterocycles. The Kier molecular flexibility index (Phi) is 3.65. The molecule has 116 valence electrons. The summed E-state index contributed by atoms with van der Waals surface area (Å²) in [6.45, 7) is 2.01. The standard InChI is InChI=1S/C15H20N6S/c16-15-18-13-4-7-22-9-11(13)14(19-15)21-6-1-2-10(8-21)12-3-5-17-20-12/h3,5,10H,1-2,4,6-9H2,(H,17,20)(H2,16,18,19). The van der Waals surface area contributed by atoms with Gasteiger partial charge in [-0.3, -0.25) is 5.10 Å². The lowest BCUT2D eigenvalue weighted by Gasteiger charge is -2.35. The molecule has 2 aromatic heterocycles. The van der Waals surface area contributed by atoms with E-state index in [0.717, 1.165) is 48.9 Å². The zero-order valence-corrected chi connectivity index (χ0v) is 13.3. The summed E-state index contributed by atoms with van der Waals surface area (Å²) in [4.78, 5) is 11.4. The van der Waals surface area contributed by atoms with Crippen molar-refractivity contribution in [3.63, 3.8) is 0 Å². The number of aromatic amines is 1. The van der Waals surface area contributed by atoms with E-state index < -0.39 is 0 Å². The number of anilines is 2. The minimum absolute atomic E-state index is 0.407. The van der Waals surface area contributed by atoms with Crippen LogP contribution >= 0.6 is 11.8 Å².